The number of fused-ring (bicyclic) bond motifs is 1. The number of aromatic nitrogens is 3. The Hall–Kier alpha value is -3.70. The van der Waals surface area contributed by atoms with Gasteiger partial charge < -0.3 is 32.2 Å². The van der Waals surface area contributed by atoms with Crippen molar-refractivity contribution in [3.8, 4) is 17.1 Å². The van der Waals surface area contributed by atoms with Gasteiger partial charge in [-0.3, -0.25) is 4.57 Å². The van der Waals surface area contributed by atoms with Crippen LogP contribution in [0, 0.1) is 22.3 Å². The molecule has 6 rings (SSSR count). The first-order chi connectivity index (χ1) is 23.9. The number of aryl methyl sites for hydroxylation is 1. The molecule has 0 saturated carbocycles. The summed E-state index contributed by atoms with van der Waals surface area (Å²) in [5, 5.41) is 7.10. The third kappa shape index (κ3) is 9.05. The number of imidazole rings is 1. The van der Waals surface area contributed by atoms with Gasteiger partial charge in [-0.05, 0) is 75.6 Å². The molecule has 4 aromatic carbocycles. The maximum atomic E-state index is 5.91. The summed E-state index contributed by atoms with van der Waals surface area (Å²) in [5.41, 5.74) is 12.5. The molecular formula is C49H64HfN4-4. The van der Waals surface area contributed by atoms with Crippen LogP contribution in [0.2, 0.25) is 0 Å². The molecule has 2 heterocycles. The van der Waals surface area contributed by atoms with Crippen molar-refractivity contribution in [1.29, 1.82) is 0 Å². The van der Waals surface area contributed by atoms with Crippen molar-refractivity contribution in [2.24, 2.45) is 7.05 Å². The van der Waals surface area contributed by atoms with Crippen LogP contribution in [0.4, 0.5) is 5.69 Å². The van der Waals surface area contributed by atoms with Gasteiger partial charge in [-0.1, -0.05) is 159 Å². The molecule has 0 amide bonds. The standard InChI is InChI=1S/C46H55N4.3CH3.Hf/c1-28(2)35-24-38(31(7)8)43(39(25-35)32(9)10)45(48-44-36(29(3)4)21-17-22-37(44)30(5)6)46-47-42(27-49(46)11)50-40-23-16-15-20-34(40)26-41(50)33-18-13-12-14-19-33;;;;/h12-32,45H,1-11H3;3*1H3;/q4*-1;. The van der Waals surface area contributed by atoms with Crippen molar-refractivity contribution in [2.45, 2.75) is 105 Å². The Bertz CT molecular complexity index is 2040. The van der Waals surface area contributed by atoms with E-state index >= 15 is 0 Å². The van der Waals surface area contributed by atoms with Gasteiger partial charge in [-0.15, -0.1) is 5.69 Å². The summed E-state index contributed by atoms with van der Waals surface area (Å²) < 4.78 is 4.55. The number of hydrogen-bond donors (Lipinski definition) is 0. The summed E-state index contributed by atoms with van der Waals surface area (Å²) in [6.45, 7) is 23.0. The van der Waals surface area contributed by atoms with E-state index in [1.54, 1.807) is 0 Å². The first kappa shape index (κ1) is 46.5. The van der Waals surface area contributed by atoms with Gasteiger partial charge in [0.05, 0.1) is 11.2 Å². The molecule has 0 N–H and O–H groups in total. The fourth-order valence-corrected chi connectivity index (χ4v) is 7.42. The SMILES string of the molecule is CC(C)c1cc(C(C)C)c(C([N-]c2c(C(C)C)cccc2C(C)C)c2nc(-n3c(-c4ccccc4)cc4ccccc43)cn2C)c(C(C)C)c1.[CH3-].[CH3-].[CH3-].[Hf]. The zero-order valence-corrected chi connectivity index (χ0v) is 39.1. The Morgan fingerprint density at radius 1 is 0.574 bits per heavy atom. The first-order valence-corrected chi connectivity index (χ1v) is 18.6. The fourth-order valence-electron chi connectivity index (χ4n) is 7.42. The van der Waals surface area contributed by atoms with Crippen LogP contribution in [-0.4, -0.2) is 14.1 Å². The molecule has 0 aliphatic carbocycles. The van der Waals surface area contributed by atoms with E-state index in [0.717, 1.165) is 34.1 Å². The van der Waals surface area contributed by atoms with Crippen molar-refractivity contribution in [3.05, 3.63) is 164 Å². The molecule has 6 aromatic rings. The van der Waals surface area contributed by atoms with E-state index in [-0.39, 0.29) is 54.2 Å². The average molecular weight is 888 g/mol. The summed E-state index contributed by atoms with van der Waals surface area (Å²) in [6.07, 6.45) is 2.20. The third-order valence-corrected chi connectivity index (χ3v) is 10.2. The van der Waals surface area contributed by atoms with Crippen molar-refractivity contribution in [2.75, 3.05) is 0 Å². The average Bonchev–Trinajstić information content (AvgIpc) is 3.66. The molecular weight excluding hydrogens is 823 g/mol. The van der Waals surface area contributed by atoms with Crippen LogP contribution >= 0.6 is 0 Å². The Morgan fingerprint density at radius 3 is 1.61 bits per heavy atom. The molecule has 0 fully saturated rings. The number of nitrogens with zero attached hydrogens (tertiary/aromatic N) is 4. The normalized spacial score (nSPS) is 11.8. The van der Waals surface area contributed by atoms with Gasteiger partial charge in [0, 0.05) is 44.5 Å². The van der Waals surface area contributed by atoms with E-state index in [1.807, 2.05) is 0 Å². The largest absolute Gasteiger partial charge is 0.671 e. The van der Waals surface area contributed by atoms with Crippen LogP contribution < -0.4 is 0 Å². The zero-order valence-electron chi connectivity index (χ0n) is 35.5. The summed E-state index contributed by atoms with van der Waals surface area (Å²) in [4.78, 5) is 5.60. The minimum atomic E-state index is -0.302. The van der Waals surface area contributed by atoms with Crippen molar-refractivity contribution in [1.82, 2.24) is 14.1 Å². The maximum Gasteiger partial charge on any atom is 0.156 e. The quantitative estimate of drug-likeness (QED) is 0.0943. The molecule has 4 nitrogen and oxygen atoms in total. The van der Waals surface area contributed by atoms with Gasteiger partial charge in [0.15, 0.2) is 5.82 Å². The van der Waals surface area contributed by atoms with Gasteiger partial charge in [0.1, 0.15) is 5.82 Å². The maximum absolute atomic E-state index is 5.91. The predicted octanol–water partition coefficient (Wildman–Crippen LogP) is 14.8. The molecule has 54 heavy (non-hydrogen) atoms. The Labute approximate surface area is 347 Å². The van der Waals surface area contributed by atoms with E-state index in [9.17, 15) is 0 Å². The predicted molar refractivity (Wildman–Crippen MR) is 233 cm³/mol. The zero-order chi connectivity index (χ0) is 35.9. The first-order valence-electron chi connectivity index (χ1n) is 18.6. The molecule has 0 radical (unpaired) electrons. The molecule has 0 spiro atoms. The van der Waals surface area contributed by atoms with E-state index in [2.05, 4.69) is 183 Å². The molecule has 1 unspecified atom stereocenters. The molecule has 288 valence electrons. The van der Waals surface area contributed by atoms with E-state index < -0.39 is 0 Å². The molecule has 0 bridgehead atoms. The topological polar surface area (TPSA) is 36.9 Å². The van der Waals surface area contributed by atoms with Gasteiger partial charge in [0.25, 0.3) is 0 Å². The monoisotopic (exact) mass is 888 g/mol. The van der Waals surface area contributed by atoms with Crippen LogP contribution in [0.25, 0.3) is 33.3 Å². The minimum absolute atomic E-state index is 0. The summed E-state index contributed by atoms with van der Waals surface area (Å²) in [6, 6.07) is 32.9. The van der Waals surface area contributed by atoms with Gasteiger partial charge >= 0.3 is 0 Å². The van der Waals surface area contributed by atoms with Crippen LogP contribution in [0.5, 0.6) is 0 Å². The smallest absolute Gasteiger partial charge is 0.156 e. The number of rotatable bonds is 11. The molecule has 0 saturated heterocycles. The number of para-hydroxylation sites is 2. The van der Waals surface area contributed by atoms with Crippen molar-refractivity contribution in [3.63, 3.8) is 0 Å². The molecule has 1 atom stereocenters. The van der Waals surface area contributed by atoms with Gasteiger partial charge in [-0.25, -0.2) is 4.98 Å². The third-order valence-electron chi connectivity index (χ3n) is 10.2. The van der Waals surface area contributed by atoms with Gasteiger partial charge in [-0.2, -0.15) is 0 Å². The Balaban J connectivity index is 0.00000252. The second kappa shape index (κ2) is 19.2. The van der Waals surface area contributed by atoms with Crippen LogP contribution in [0.3, 0.4) is 0 Å². The molecule has 0 aliphatic heterocycles. The summed E-state index contributed by atoms with van der Waals surface area (Å²) in [7, 11) is 2.15. The number of benzene rings is 4. The summed E-state index contributed by atoms with van der Waals surface area (Å²) in [5.74, 6) is 3.60. The van der Waals surface area contributed by atoms with Crippen molar-refractivity contribution < 1.29 is 25.8 Å². The van der Waals surface area contributed by atoms with Crippen LogP contribution in [0.1, 0.15) is 144 Å². The Morgan fingerprint density at radius 2 is 1.09 bits per heavy atom. The number of hydrogen-bond acceptors (Lipinski definition) is 1. The van der Waals surface area contributed by atoms with Crippen LogP contribution in [-0.2, 0) is 32.9 Å². The molecule has 2 aromatic heterocycles. The molecule has 5 heteroatoms. The van der Waals surface area contributed by atoms with Crippen molar-refractivity contribution >= 4 is 16.6 Å². The van der Waals surface area contributed by atoms with E-state index in [1.165, 1.54) is 38.8 Å². The van der Waals surface area contributed by atoms with E-state index in [0.29, 0.717) is 29.6 Å². The minimum Gasteiger partial charge on any atom is -0.671 e. The fraction of sp³-hybridized carbons (Fsp3) is 0.347. The van der Waals surface area contributed by atoms with E-state index in [4.69, 9.17) is 10.3 Å². The second-order valence-corrected chi connectivity index (χ2v) is 15.6. The Kier molecular flexibility index (Phi) is 16.6. The van der Waals surface area contributed by atoms with Gasteiger partial charge in [0.2, 0.25) is 0 Å². The summed E-state index contributed by atoms with van der Waals surface area (Å²) >= 11 is 0. The second-order valence-electron chi connectivity index (χ2n) is 15.6. The van der Waals surface area contributed by atoms with Crippen LogP contribution in [0.15, 0.2) is 97.2 Å². The molecule has 0 aliphatic rings.